The normalized spacial score (nSPS) is 11.5. The first kappa shape index (κ1) is 18.3. The van der Waals surface area contributed by atoms with E-state index in [9.17, 15) is 9.90 Å². The number of benzene rings is 2. The lowest BCUT2D eigenvalue weighted by atomic mass is 9.99. The van der Waals surface area contributed by atoms with Crippen molar-refractivity contribution in [1.29, 1.82) is 0 Å². The van der Waals surface area contributed by atoms with Crippen molar-refractivity contribution >= 4 is 23.3 Å². The Morgan fingerprint density at radius 1 is 1.04 bits per heavy atom. The average molecular weight is 340 g/mol. The first-order chi connectivity index (χ1) is 11.7. The zero-order valence-electron chi connectivity index (χ0n) is 14.1. The fourth-order valence-electron chi connectivity index (χ4n) is 2.59. The van der Waals surface area contributed by atoms with Crippen LogP contribution in [-0.2, 0) is 10.5 Å². The molecule has 2 aromatic rings. The van der Waals surface area contributed by atoms with Crippen LogP contribution in [0.5, 0.6) is 0 Å². The molecule has 0 amide bonds. The highest BCUT2D eigenvalue weighted by molar-refractivity contribution is 7.98. The number of hydrogen-bond donors (Lipinski definition) is 1. The van der Waals surface area contributed by atoms with Crippen molar-refractivity contribution in [2.75, 3.05) is 0 Å². The topological polar surface area (TPSA) is 37.3 Å². The number of hydrogen-bond acceptors (Lipinski definition) is 2. The van der Waals surface area contributed by atoms with E-state index in [2.05, 4.69) is 25.1 Å². The zero-order valence-corrected chi connectivity index (χ0v) is 14.9. The van der Waals surface area contributed by atoms with Crippen molar-refractivity contribution in [2.24, 2.45) is 0 Å². The standard InChI is InChI=1S/C21H24O2S/c1-2-3-5-12-18(15-21(22)23)19-13-8-9-14-20(19)24-16-17-10-6-4-7-11-17/h4,6-11,13-15H,2-3,5,12,16H2,1H3,(H,22,23). The van der Waals surface area contributed by atoms with Gasteiger partial charge in [0.05, 0.1) is 0 Å². The summed E-state index contributed by atoms with van der Waals surface area (Å²) in [6, 6.07) is 18.5. The summed E-state index contributed by atoms with van der Waals surface area (Å²) in [6.45, 7) is 2.16. The van der Waals surface area contributed by atoms with Gasteiger partial charge in [0.1, 0.15) is 0 Å². The average Bonchev–Trinajstić information content (AvgIpc) is 2.60. The Bertz CT molecular complexity index is 677. The quantitative estimate of drug-likeness (QED) is 0.344. The van der Waals surface area contributed by atoms with Crippen LogP contribution in [-0.4, -0.2) is 11.1 Å². The molecule has 3 heteroatoms. The van der Waals surface area contributed by atoms with Crippen molar-refractivity contribution in [3.63, 3.8) is 0 Å². The van der Waals surface area contributed by atoms with E-state index in [4.69, 9.17) is 0 Å². The van der Waals surface area contributed by atoms with Crippen LogP contribution in [0.3, 0.4) is 0 Å². The summed E-state index contributed by atoms with van der Waals surface area (Å²) >= 11 is 1.76. The monoisotopic (exact) mass is 340 g/mol. The lowest BCUT2D eigenvalue weighted by Crippen LogP contribution is -1.95. The van der Waals surface area contributed by atoms with E-state index in [1.807, 2.05) is 36.4 Å². The summed E-state index contributed by atoms with van der Waals surface area (Å²) < 4.78 is 0. The summed E-state index contributed by atoms with van der Waals surface area (Å²) in [4.78, 5) is 12.4. The van der Waals surface area contributed by atoms with Gasteiger partial charge in [-0.3, -0.25) is 0 Å². The van der Waals surface area contributed by atoms with E-state index in [0.717, 1.165) is 47.5 Å². The van der Waals surface area contributed by atoms with Gasteiger partial charge in [-0.2, -0.15) is 0 Å². The van der Waals surface area contributed by atoms with E-state index < -0.39 is 5.97 Å². The Balaban J connectivity index is 2.19. The Kier molecular flexibility index (Phi) is 7.63. The number of allylic oxidation sites excluding steroid dienone is 1. The lowest BCUT2D eigenvalue weighted by molar-refractivity contribution is -0.131. The van der Waals surface area contributed by atoms with Crippen LogP contribution >= 0.6 is 11.8 Å². The number of unbranched alkanes of at least 4 members (excludes halogenated alkanes) is 2. The number of thioether (sulfide) groups is 1. The van der Waals surface area contributed by atoms with Gasteiger partial charge in [0, 0.05) is 16.7 Å². The predicted octanol–water partition coefficient (Wildman–Crippen LogP) is 6.03. The maximum Gasteiger partial charge on any atom is 0.328 e. The molecular weight excluding hydrogens is 316 g/mol. The molecule has 1 N–H and O–H groups in total. The third-order valence-electron chi connectivity index (χ3n) is 3.82. The van der Waals surface area contributed by atoms with Gasteiger partial charge < -0.3 is 5.11 Å². The molecule has 24 heavy (non-hydrogen) atoms. The molecule has 0 saturated heterocycles. The first-order valence-corrected chi connectivity index (χ1v) is 9.39. The molecular formula is C21H24O2S. The van der Waals surface area contributed by atoms with Gasteiger partial charge in [-0.25, -0.2) is 4.79 Å². The van der Waals surface area contributed by atoms with Gasteiger partial charge in [-0.15, -0.1) is 11.8 Å². The van der Waals surface area contributed by atoms with E-state index in [1.165, 1.54) is 11.6 Å². The van der Waals surface area contributed by atoms with Crippen LogP contribution in [0.15, 0.2) is 65.6 Å². The second kappa shape index (κ2) is 9.99. The molecule has 0 heterocycles. The van der Waals surface area contributed by atoms with Crippen LogP contribution < -0.4 is 0 Å². The maximum atomic E-state index is 11.2. The fraction of sp³-hybridized carbons (Fsp3) is 0.286. The first-order valence-electron chi connectivity index (χ1n) is 8.40. The molecule has 0 aromatic heterocycles. The van der Waals surface area contributed by atoms with Crippen LogP contribution in [0.1, 0.15) is 43.7 Å². The Morgan fingerprint density at radius 3 is 2.46 bits per heavy atom. The molecule has 0 aliphatic carbocycles. The van der Waals surface area contributed by atoms with Gasteiger partial charge in [0.2, 0.25) is 0 Å². The number of carboxylic acids is 1. The van der Waals surface area contributed by atoms with E-state index >= 15 is 0 Å². The largest absolute Gasteiger partial charge is 0.478 e. The number of rotatable bonds is 9. The van der Waals surface area contributed by atoms with Gasteiger partial charge in [-0.05, 0) is 35.6 Å². The molecule has 2 nitrogen and oxygen atoms in total. The maximum absolute atomic E-state index is 11.2. The number of aliphatic carboxylic acids is 1. The molecule has 0 unspecified atom stereocenters. The highest BCUT2D eigenvalue weighted by Crippen LogP contribution is 2.32. The van der Waals surface area contributed by atoms with Crippen molar-refractivity contribution in [1.82, 2.24) is 0 Å². The summed E-state index contributed by atoms with van der Waals surface area (Å²) in [5, 5.41) is 9.22. The molecule has 0 aliphatic heterocycles. The number of carboxylic acid groups (broad SMARTS) is 1. The molecule has 0 saturated carbocycles. The second-order valence-corrected chi connectivity index (χ2v) is 6.75. The summed E-state index contributed by atoms with van der Waals surface area (Å²) in [6.07, 6.45) is 5.45. The van der Waals surface area contributed by atoms with E-state index in [0.29, 0.717) is 0 Å². The van der Waals surface area contributed by atoms with E-state index in [1.54, 1.807) is 11.8 Å². The van der Waals surface area contributed by atoms with Crippen LogP contribution in [0.4, 0.5) is 0 Å². The Labute approximate surface area is 148 Å². The summed E-state index contributed by atoms with van der Waals surface area (Å²) in [5.41, 5.74) is 3.25. The smallest absolute Gasteiger partial charge is 0.328 e. The lowest BCUT2D eigenvalue weighted by Gasteiger charge is -2.13. The predicted molar refractivity (Wildman–Crippen MR) is 102 cm³/mol. The molecule has 0 bridgehead atoms. The second-order valence-electron chi connectivity index (χ2n) is 5.74. The molecule has 126 valence electrons. The number of carbonyl (C=O) groups is 1. The van der Waals surface area contributed by atoms with Crippen molar-refractivity contribution in [3.05, 3.63) is 71.8 Å². The molecule has 2 rings (SSSR count). The highest BCUT2D eigenvalue weighted by Gasteiger charge is 2.10. The zero-order chi connectivity index (χ0) is 17.2. The highest BCUT2D eigenvalue weighted by atomic mass is 32.2. The minimum atomic E-state index is -0.871. The van der Waals surface area contributed by atoms with Crippen molar-refractivity contribution < 1.29 is 9.90 Å². The third kappa shape index (κ3) is 5.89. The molecule has 0 spiro atoms. The van der Waals surface area contributed by atoms with E-state index in [-0.39, 0.29) is 0 Å². The van der Waals surface area contributed by atoms with Gasteiger partial charge in [0.15, 0.2) is 0 Å². The minimum absolute atomic E-state index is 0.809. The Hall–Kier alpha value is -2.00. The van der Waals surface area contributed by atoms with Gasteiger partial charge in [-0.1, -0.05) is 68.3 Å². The minimum Gasteiger partial charge on any atom is -0.478 e. The van der Waals surface area contributed by atoms with Gasteiger partial charge >= 0.3 is 5.97 Å². The van der Waals surface area contributed by atoms with Crippen LogP contribution in [0.25, 0.3) is 5.57 Å². The molecule has 0 aliphatic rings. The van der Waals surface area contributed by atoms with Crippen LogP contribution in [0, 0.1) is 0 Å². The molecule has 0 fully saturated rings. The van der Waals surface area contributed by atoms with Crippen LogP contribution in [0.2, 0.25) is 0 Å². The third-order valence-corrected chi connectivity index (χ3v) is 4.96. The summed E-state index contributed by atoms with van der Waals surface area (Å²) in [7, 11) is 0. The molecule has 0 atom stereocenters. The SMILES string of the molecule is CCCCCC(=CC(=O)O)c1ccccc1SCc1ccccc1. The van der Waals surface area contributed by atoms with Crippen molar-refractivity contribution in [2.45, 2.75) is 43.3 Å². The Morgan fingerprint density at radius 2 is 1.75 bits per heavy atom. The summed E-state index contributed by atoms with van der Waals surface area (Å²) in [5.74, 6) is 0.0111. The van der Waals surface area contributed by atoms with Gasteiger partial charge in [0.25, 0.3) is 0 Å². The molecule has 0 radical (unpaired) electrons. The molecule has 2 aromatic carbocycles. The van der Waals surface area contributed by atoms with Crippen molar-refractivity contribution in [3.8, 4) is 0 Å². The fourth-order valence-corrected chi connectivity index (χ4v) is 3.64.